The van der Waals surface area contributed by atoms with Crippen molar-refractivity contribution in [2.45, 2.75) is 27.2 Å². The third kappa shape index (κ3) is 6.37. The van der Waals surface area contributed by atoms with Crippen LogP contribution in [0, 0.1) is 13.8 Å². The molecular weight excluding hydrogens is 380 g/mol. The number of methoxy groups -OCH3 is 1. The van der Waals surface area contributed by atoms with Gasteiger partial charge in [0.1, 0.15) is 0 Å². The second-order valence-corrected chi connectivity index (χ2v) is 7.10. The Kier molecular flexibility index (Phi) is 8.47. The van der Waals surface area contributed by atoms with Crippen molar-refractivity contribution in [2.24, 2.45) is 0 Å². The molecule has 30 heavy (non-hydrogen) atoms. The molecule has 1 N–H and O–H groups in total. The van der Waals surface area contributed by atoms with Crippen LogP contribution in [0.25, 0.3) is 6.08 Å². The number of amides is 2. The fourth-order valence-corrected chi connectivity index (χ4v) is 2.90. The van der Waals surface area contributed by atoms with Crippen molar-refractivity contribution in [3.05, 3.63) is 59.2 Å². The third-order valence-electron chi connectivity index (χ3n) is 4.57. The van der Waals surface area contributed by atoms with Crippen molar-refractivity contribution in [2.75, 3.05) is 32.6 Å². The minimum atomic E-state index is -0.267. The molecule has 0 fully saturated rings. The largest absolute Gasteiger partial charge is 0.493 e. The van der Waals surface area contributed by atoms with Crippen LogP contribution in [0.1, 0.15) is 30.0 Å². The van der Waals surface area contributed by atoms with Crippen LogP contribution in [0.4, 0.5) is 5.69 Å². The number of nitrogens with zero attached hydrogens (tertiary/aromatic N) is 1. The van der Waals surface area contributed by atoms with Gasteiger partial charge in [-0.05, 0) is 55.2 Å². The summed E-state index contributed by atoms with van der Waals surface area (Å²) in [5.74, 6) is 0.773. The Hall–Kier alpha value is -3.28. The molecule has 0 saturated heterocycles. The summed E-state index contributed by atoms with van der Waals surface area (Å²) in [5, 5.41) is 2.89. The van der Waals surface area contributed by atoms with E-state index in [9.17, 15) is 9.59 Å². The number of nitrogens with one attached hydrogen (secondary N) is 1. The van der Waals surface area contributed by atoms with E-state index >= 15 is 0 Å². The van der Waals surface area contributed by atoms with Gasteiger partial charge in [-0.25, -0.2) is 0 Å². The van der Waals surface area contributed by atoms with E-state index in [0.717, 1.165) is 28.8 Å². The Labute approximate surface area is 178 Å². The first-order chi connectivity index (χ1) is 14.3. The maximum atomic E-state index is 12.4. The quantitative estimate of drug-likeness (QED) is 0.629. The highest BCUT2D eigenvalue weighted by molar-refractivity contribution is 5.98. The van der Waals surface area contributed by atoms with Gasteiger partial charge in [0.2, 0.25) is 11.8 Å². The van der Waals surface area contributed by atoms with E-state index < -0.39 is 0 Å². The van der Waals surface area contributed by atoms with Gasteiger partial charge in [0.05, 0.1) is 20.3 Å². The smallest absolute Gasteiger partial charge is 0.246 e. The molecule has 0 bridgehead atoms. The molecule has 0 aromatic heterocycles. The molecule has 160 valence electrons. The highest BCUT2D eigenvalue weighted by atomic mass is 16.5. The molecule has 2 rings (SSSR count). The Bertz CT molecular complexity index is 901. The van der Waals surface area contributed by atoms with Crippen LogP contribution in [0.15, 0.2) is 42.5 Å². The van der Waals surface area contributed by atoms with Crippen LogP contribution in [0.2, 0.25) is 0 Å². The molecule has 0 saturated carbocycles. The molecule has 0 aliphatic rings. The number of anilines is 1. The van der Waals surface area contributed by atoms with Crippen molar-refractivity contribution in [3.63, 3.8) is 0 Å². The molecular formula is C24H30N2O4. The van der Waals surface area contributed by atoms with Crippen molar-refractivity contribution >= 4 is 23.6 Å². The Balaban J connectivity index is 1.98. The molecule has 0 spiro atoms. The van der Waals surface area contributed by atoms with E-state index in [2.05, 4.69) is 5.32 Å². The third-order valence-corrected chi connectivity index (χ3v) is 4.57. The van der Waals surface area contributed by atoms with E-state index in [0.29, 0.717) is 18.1 Å². The summed E-state index contributed by atoms with van der Waals surface area (Å²) in [5.41, 5.74) is 3.56. The topological polar surface area (TPSA) is 67.9 Å². The maximum Gasteiger partial charge on any atom is 0.246 e. The van der Waals surface area contributed by atoms with E-state index in [-0.39, 0.29) is 18.4 Å². The predicted molar refractivity (Wildman–Crippen MR) is 120 cm³/mol. The SMILES string of the molecule is CCCOc1ccc(/C=C/C(=O)N(C)CC(=O)Nc2c(C)cccc2C)cc1OC. The number of carbonyl (C=O) groups excluding carboxylic acids is 2. The molecule has 6 heteroatoms. The molecule has 2 aromatic rings. The van der Waals surface area contributed by atoms with Crippen molar-refractivity contribution < 1.29 is 19.1 Å². The second-order valence-electron chi connectivity index (χ2n) is 7.10. The zero-order chi connectivity index (χ0) is 22.1. The van der Waals surface area contributed by atoms with Crippen molar-refractivity contribution in [1.82, 2.24) is 4.90 Å². The molecule has 0 unspecified atom stereocenters. The fraction of sp³-hybridized carbons (Fsp3) is 0.333. The van der Waals surface area contributed by atoms with Crippen LogP contribution < -0.4 is 14.8 Å². The minimum absolute atomic E-state index is 0.0376. The summed E-state index contributed by atoms with van der Waals surface area (Å²) in [7, 11) is 3.18. The molecule has 0 atom stereocenters. The number of para-hydroxylation sites is 1. The molecule has 2 amide bonds. The lowest BCUT2D eigenvalue weighted by Gasteiger charge is -2.16. The van der Waals surface area contributed by atoms with Crippen LogP contribution in [0.3, 0.4) is 0 Å². The van der Waals surface area contributed by atoms with Crippen LogP contribution in [-0.2, 0) is 9.59 Å². The van der Waals surface area contributed by atoms with E-state index in [4.69, 9.17) is 9.47 Å². The lowest BCUT2D eigenvalue weighted by atomic mass is 10.1. The minimum Gasteiger partial charge on any atom is -0.493 e. The number of carbonyl (C=O) groups is 2. The monoisotopic (exact) mass is 410 g/mol. The normalized spacial score (nSPS) is 10.7. The van der Waals surface area contributed by atoms with E-state index in [1.807, 2.05) is 57.2 Å². The Morgan fingerprint density at radius 2 is 1.80 bits per heavy atom. The van der Waals surface area contributed by atoms with Gasteiger partial charge in [-0.2, -0.15) is 0 Å². The zero-order valence-electron chi connectivity index (χ0n) is 18.3. The molecule has 0 heterocycles. The number of likely N-dealkylation sites (N-methyl/N-ethyl adjacent to an activating group) is 1. The summed E-state index contributed by atoms with van der Waals surface area (Å²) in [6.45, 7) is 6.48. The number of aryl methyl sites for hydroxylation is 2. The predicted octanol–water partition coefficient (Wildman–Crippen LogP) is 4.21. The summed E-state index contributed by atoms with van der Waals surface area (Å²) >= 11 is 0. The summed E-state index contributed by atoms with van der Waals surface area (Å²) in [4.78, 5) is 26.1. The summed E-state index contributed by atoms with van der Waals surface area (Å²) in [6, 6.07) is 11.3. The fourth-order valence-electron chi connectivity index (χ4n) is 2.90. The highest BCUT2D eigenvalue weighted by Gasteiger charge is 2.13. The van der Waals surface area contributed by atoms with Gasteiger partial charge in [0, 0.05) is 18.8 Å². The van der Waals surface area contributed by atoms with Crippen molar-refractivity contribution in [1.29, 1.82) is 0 Å². The first kappa shape index (κ1) is 23.0. The number of hydrogen-bond donors (Lipinski definition) is 1. The average molecular weight is 411 g/mol. The standard InChI is InChI=1S/C24H30N2O4/c1-6-14-30-20-12-10-19(15-21(20)29-5)11-13-23(28)26(4)16-22(27)25-24-17(2)8-7-9-18(24)3/h7-13,15H,6,14,16H2,1-5H3,(H,25,27)/b13-11+. The zero-order valence-corrected chi connectivity index (χ0v) is 18.3. The Morgan fingerprint density at radius 1 is 1.10 bits per heavy atom. The van der Waals surface area contributed by atoms with Crippen LogP contribution in [-0.4, -0.2) is 44.0 Å². The maximum absolute atomic E-state index is 12.4. The first-order valence-electron chi connectivity index (χ1n) is 9.95. The van der Waals surface area contributed by atoms with Gasteiger partial charge >= 0.3 is 0 Å². The molecule has 6 nitrogen and oxygen atoms in total. The van der Waals surface area contributed by atoms with Gasteiger partial charge < -0.3 is 19.7 Å². The van der Waals surface area contributed by atoms with Gasteiger partial charge in [0.25, 0.3) is 0 Å². The molecule has 0 aliphatic carbocycles. The van der Waals surface area contributed by atoms with Gasteiger partial charge in [-0.15, -0.1) is 0 Å². The second kappa shape index (κ2) is 11.0. The first-order valence-corrected chi connectivity index (χ1v) is 9.95. The highest BCUT2D eigenvalue weighted by Crippen LogP contribution is 2.28. The molecule has 0 aliphatic heterocycles. The van der Waals surface area contributed by atoms with Gasteiger partial charge in [-0.1, -0.05) is 31.2 Å². The average Bonchev–Trinajstić information content (AvgIpc) is 2.73. The van der Waals surface area contributed by atoms with Crippen LogP contribution in [0.5, 0.6) is 11.5 Å². The summed E-state index contributed by atoms with van der Waals surface area (Å²) < 4.78 is 11.0. The Morgan fingerprint density at radius 3 is 2.43 bits per heavy atom. The van der Waals surface area contributed by atoms with E-state index in [1.54, 1.807) is 20.2 Å². The number of benzene rings is 2. The lowest BCUT2D eigenvalue weighted by Crippen LogP contribution is -2.34. The van der Waals surface area contributed by atoms with Crippen LogP contribution >= 0.6 is 0 Å². The van der Waals surface area contributed by atoms with Gasteiger partial charge in [0.15, 0.2) is 11.5 Å². The summed E-state index contributed by atoms with van der Waals surface area (Å²) in [6.07, 6.45) is 4.03. The van der Waals surface area contributed by atoms with Crippen molar-refractivity contribution in [3.8, 4) is 11.5 Å². The van der Waals surface area contributed by atoms with Gasteiger partial charge in [-0.3, -0.25) is 9.59 Å². The van der Waals surface area contributed by atoms with E-state index in [1.165, 1.54) is 11.0 Å². The lowest BCUT2D eigenvalue weighted by molar-refractivity contribution is -0.129. The number of rotatable bonds is 9. The molecule has 0 radical (unpaired) electrons. The number of hydrogen-bond acceptors (Lipinski definition) is 4. The molecule has 2 aromatic carbocycles. The number of ether oxygens (including phenoxy) is 2.